The first-order valence-electron chi connectivity index (χ1n) is 2.61. The van der Waals surface area contributed by atoms with Crippen molar-refractivity contribution in [3.8, 4) is 0 Å². The number of hydrogen-bond acceptors (Lipinski definition) is 1. The smallest absolute Gasteiger partial charge is 0.219 e. The molecule has 1 radical (unpaired) electrons. The summed E-state index contributed by atoms with van der Waals surface area (Å²) in [6, 6.07) is 0. The first-order valence-corrected chi connectivity index (χ1v) is 2.61. The molecule has 1 rings (SSSR count). The van der Waals surface area contributed by atoms with Gasteiger partial charge in [0.25, 0.3) is 0 Å². The molecule has 3 heteroatoms. The molecule has 0 N–H and O–H groups in total. The van der Waals surface area contributed by atoms with Gasteiger partial charge in [0.2, 0.25) is 5.91 Å². The summed E-state index contributed by atoms with van der Waals surface area (Å²) >= 11 is 0. The molecule has 0 aromatic heterocycles. The molecule has 0 aromatic carbocycles. The Labute approximate surface area is 47.9 Å². The molecule has 0 aliphatic carbocycles. The van der Waals surface area contributed by atoms with E-state index in [-0.39, 0.29) is 5.91 Å². The van der Waals surface area contributed by atoms with Crippen LogP contribution in [0.1, 0.15) is 6.92 Å². The van der Waals surface area contributed by atoms with Gasteiger partial charge in [-0.1, -0.05) is 0 Å². The Balaban J connectivity index is 2.25. The first kappa shape index (κ1) is 5.56. The SMILES string of the molecule is CC(=O)N1CC([O])C1. The normalized spacial score (nSPS) is 20.5. The van der Waals surface area contributed by atoms with Gasteiger partial charge in [-0.2, -0.15) is 0 Å². The first-order chi connectivity index (χ1) is 3.70. The summed E-state index contributed by atoms with van der Waals surface area (Å²) in [5.74, 6) is 0.0112. The average molecular weight is 114 g/mol. The number of hydrogen-bond donors (Lipinski definition) is 0. The highest BCUT2D eigenvalue weighted by molar-refractivity contribution is 5.74. The molecule has 1 aliphatic rings. The van der Waals surface area contributed by atoms with Crippen LogP contribution >= 0.6 is 0 Å². The fourth-order valence-electron chi connectivity index (χ4n) is 0.695. The summed E-state index contributed by atoms with van der Waals surface area (Å²) in [6.07, 6.45) is -0.515. The van der Waals surface area contributed by atoms with E-state index in [4.69, 9.17) is 0 Å². The summed E-state index contributed by atoms with van der Waals surface area (Å²) in [5, 5.41) is 10.3. The highest BCUT2D eigenvalue weighted by Crippen LogP contribution is 2.06. The van der Waals surface area contributed by atoms with Crippen LogP contribution in [-0.2, 0) is 9.90 Å². The van der Waals surface area contributed by atoms with Crippen molar-refractivity contribution in [2.24, 2.45) is 0 Å². The van der Waals surface area contributed by atoms with Crippen molar-refractivity contribution in [1.29, 1.82) is 0 Å². The van der Waals surface area contributed by atoms with E-state index in [2.05, 4.69) is 0 Å². The Morgan fingerprint density at radius 3 is 2.25 bits per heavy atom. The maximum atomic E-state index is 10.4. The van der Waals surface area contributed by atoms with Crippen molar-refractivity contribution in [3.05, 3.63) is 0 Å². The Kier molecular flexibility index (Phi) is 1.21. The zero-order valence-electron chi connectivity index (χ0n) is 4.76. The monoisotopic (exact) mass is 114 g/mol. The van der Waals surface area contributed by atoms with Crippen LogP contribution in [0.3, 0.4) is 0 Å². The van der Waals surface area contributed by atoms with E-state index < -0.39 is 6.10 Å². The Bertz CT molecular complexity index is 107. The molecule has 1 heterocycles. The number of nitrogens with zero attached hydrogens (tertiary/aromatic N) is 1. The van der Waals surface area contributed by atoms with Crippen LogP contribution in [0.4, 0.5) is 0 Å². The molecule has 1 saturated heterocycles. The number of amides is 1. The lowest BCUT2D eigenvalue weighted by atomic mass is 10.2. The van der Waals surface area contributed by atoms with E-state index in [9.17, 15) is 9.90 Å². The van der Waals surface area contributed by atoms with Crippen LogP contribution < -0.4 is 0 Å². The molecule has 0 saturated carbocycles. The van der Waals surface area contributed by atoms with Gasteiger partial charge in [0.05, 0.1) is 13.1 Å². The van der Waals surface area contributed by atoms with E-state index >= 15 is 0 Å². The highest BCUT2D eigenvalue weighted by atomic mass is 16.3. The van der Waals surface area contributed by atoms with Gasteiger partial charge in [-0.3, -0.25) is 4.79 Å². The van der Waals surface area contributed by atoms with Crippen LogP contribution in [-0.4, -0.2) is 30.0 Å². The van der Waals surface area contributed by atoms with Gasteiger partial charge in [0, 0.05) is 6.92 Å². The lowest BCUT2D eigenvalue weighted by Crippen LogP contribution is -2.51. The number of carbonyl (C=O) groups is 1. The minimum absolute atomic E-state index is 0.0112. The molecule has 1 fully saturated rings. The molecular weight excluding hydrogens is 106 g/mol. The number of likely N-dealkylation sites (tertiary alicyclic amines) is 1. The zero-order valence-corrected chi connectivity index (χ0v) is 4.76. The van der Waals surface area contributed by atoms with E-state index in [1.807, 2.05) is 0 Å². The lowest BCUT2D eigenvalue weighted by Gasteiger charge is -2.33. The van der Waals surface area contributed by atoms with Gasteiger partial charge in [-0.15, -0.1) is 0 Å². The second-order valence-electron chi connectivity index (χ2n) is 2.05. The van der Waals surface area contributed by atoms with Gasteiger partial charge in [-0.25, -0.2) is 5.11 Å². The van der Waals surface area contributed by atoms with E-state index in [0.29, 0.717) is 13.1 Å². The molecule has 8 heavy (non-hydrogen) atoms. The summed E-state index contributed by atoms with van der Waals surface area (Å²) < 4.78 is 0. The zero-order chi connectivity index (χ0) is 6.15. The second-order valence-corrected chi connectivity index (χ2v) is 2.05. The van der Waals surface area contributed by atoms with E-state index in [0.717, 1.165) is 0 Å². The molecule has 1 aliphatic heterocycles. The van der Waals surface area contributed by atoms with Crippen LogP contribution in [0.2, 0.25) is 0 Å². The second kappa shape index (κ2) is 1.74. The standard InChI is InChI=1S/C5H8NO2/c1-4(7)6-2-5(8)3-6/h5H,2-3H2,1H3. The molecule has 45 valence electrons. The van der Waals surface area contributed by atoms with Crippen molar-refractivity contribution >= 4 is 5.91 Å². The molecule has 0 bridgehead atoms. The predicted octanol–water partition coefficient (Wildman–Crippen LogP) is -0.352. The molecule has 0 atom stereocenters. The average Bonchev–Trinajstić information content (AvgIpc) is 1.57. The highest BCUT2D eigenvalue weighted by Gasteiger charge is 2.27. The quantitative estimate of drug-likeness (QED) is 0.424. The van der Waals surface area contributed by atoms with Gasteiger partial charge >= 0.3 is 0 Å². The largest absolute Gasteiger partial charge is 0.337 e. The van der Waals surface area contributed by atoms with Crippen molar-refractivity contribution in [2.45, 2.75) is 13.0 Å². The third-order valence-electron chi connectivity index (χ3n) is 1.29. The fourth-order valence-corrected chi connectivity index (χ4v) is 0.695. The number of rotatable bonds is 0. The van der Waals surface area contributed by atoms with Gasteiger partial charge in [0.1, 0.15) is 6.10 Å². The maximum absolute atomic E-state index is 10.4. The summed E-state index contributed by atoms with van der Waals surface area (Å²) in [4.78, 5) is 11.9. The topological polar surface area (TPSA) is 40.2 Å². The van der Waals surface area contributed by atoms with Crippen LogP contribution in [0.5, 0.6) is 0 Å². The van der Waals surface area contributed by atoms with Gasteiger partial charge < -0.3 is 4.90 Å². The van der Waals surface area contributed by atoms with Crippen molar-refractivity contribution < 1.29 is 9.90 Å². The molecule has 0 aromatic rings. The van der Waals surface area contributed by atoms with Crippen LogP contribution in [0.25, 0.3) is 0 Å². The summed E-state index contributed by atoms with van der Waals surface area (Å²) in [6.45, 7) is 2.30. The molecule has 0 unspecified atom stereocenters. The lowest BCUT2D eigenvalue weighted by molar-refractivity contribution is -0.142. The third-order valence-corrected chi connectivity index (χ3v) is 1.29. The van der Waals surface area contributed by atoms with E-state index in [1.54, 1.807) is 0 Å². The van der Waals surface area contributed by atoms with E-state index in [1.165, 1.54) is 11.8 Å². The minimum Gasteiger partial charge on any atom is -0.337 e. The van der Waals surface area contributed by atoms with Crippen molar-refractivity contribution in [3.63, 3.8) is 0 Å². The van der Waals surface area contributed by atoms with Crippen molar-refractivity contribution in [1.82, 2.24) is 4.90 Å². The molecule has 1 amide bonds. The fraction of sp³-hybridized carbons (Fsp3) is 0.800. The number of carbonyl (C=O) groups excluding carboxylic acids is 1. The Hall–Kier alpha value is -0.570. The van der Waals surface area contributed by atoms with Gasteiger partial charge in [-0.05, 0) is 0 Å². The Morgan fingerprint density at radius 1 is 1.62 bits per heavy atom. The minimum atomic E-state index is -0.515. The Morgan fingerprint density at radius 2 is 2.12 bits per heavy atom. The van der Waals surface area contributed by atoms with Crippen LogP contribution in [0.15, 0.2) is 0 Å². The van der Waals surface area contributed by atoms with Gasteiger partial charge in [0.15, 0.2) is 0 Å². The van der Waals surface area contributed by atoms with Crippen molar-refractivity contribution in [2.75, 3.05) is 13.1 Å². The molecule has 0 spiro atoms. The predicted molar refractivity (Wildman–Crippen MR) is 26.7 cm³/mol. The van der Waals surface area contributed by atoms with Crippen LogP contribution in [0, 0.1) is 0 Å². The maximum Gasteiger partial charge on any atom is 0.219 e. The summed E-state index contributed by atoms with van der Waals surface area (Å²) in [5.41, 5.74) is 0. The molecule has 3 nitrogen and oxygen atoms in total. The molecular formula is C5H8NO2. The third kappa shape index (κ3) is 0.816. The summed E-state index contributed by atoms with van der Waals surface area (Å²) in [7, 11) is 0.